The predicted molar refractivity (Wildman–Crippen MR) is 252 cm³/mol. The van der Waals surface area contributed by atoms with Crippen molar-refractivity contribution in [2.24, 2.45) is 0 Å². The van der Waals surface area contributed by atoms with E-state index in [-0.39, 0.29) is 19.4 Å². The van der Waals surface area contributed by atoms with E-state index in [0.29, 0.717) is 12.8 Å². The number of hydrogen-bond donors (Lipinski definition) is 7. The number of hydrogen-bond acceptors (Lipinski definition) is 15. The van der Waals surface area contributed by atoms with Crippen LogP contribution in [0.5, 0.6) is 0 Å². The molecule has 378 valence electrons. The highest BCUT2D eigenvalue weighted by Gasteiger charge is 2.47. The van der Waals surface area contributed by atoms with Crippen molar-refractivity contribution in [3.05, 3.63) is 72.9 Å². The van der Waals surface area contributed by atoms with E-state index in [0.717, 1.165) is 57.8 Å². The average molecular weight is 937 g/mol. The number of rotatable bonds is 36. The Morgan fingerprint density at radius 1 is 0.500 bits per heavy atom. The van der Waals surface area contributed by atoms with Crippen LogP contribution in [-0.4, -0.2) is 142 Å². The Morgan fingerprint density at radius 2 is 0.955 bits per heavy atom. The van der Waals surface area contributed by atoms with E-state index in [1.165, 1.54) is 44.9 Å². The van der Waals surface area contributed by atoms with Crippen molar-refractivity contribution in [3.8, 4) is 0 Å². The molecule has 2 saturated heterocycles. The lowest BCUT2D eigenvalue weighted by Gasteiger charge is -2.42. The van der Waals surface area contributed by atoms with Gasteiger partial charge < -0.3 is 64.2 Å². The summed E-state index contributed by atoms with van der Waals surface area (Å²) in [4.78, 5) is 25.6. The molecule has 15 heteroatoms. The molecule has 0 aromatic carbocycles. The van der Waals surface area contributed by atoms with Crippen LogP contribution in [-0.2, 0) is 38.0 Å². The van der Waals surface area contributed by atoms with Crippen LogP contribution >= 0.6 is 0 Å². The van der Waals surface area contributed by atoms with Crippen molar-refractivity contribution in [3.63, 3.8) is 0 Å². The molecular formula is C51H84O15. The zero-order valence-corrected chi connectivity index (χ0v) is 39.6. The summed E-state index contributed by atoms with van der Waals surface area (Å²) in [6.45, 7) is 2.36. The summed E-state index contributed by atoms with van der Waals surface area (Å²) < 4.78 is 33.4. The second kappa shape index (κ2) is 37.9. The maximum Gasteiger partial charge on any atom is 0.306 e. The van der Waals surface area contributed by atoms with E-state index in [4.69, 9.17) is 28.4 Å². The van der Waals surface area contributed by atoms with E-state index >= 15 is 0 Å². The van der Waals surface area contributed by atoms with Crippen LogP contribution in [0.3, 0.4) is 0 Å². The van der Waals surface area contributed by atoms with Gasteiger partial charge in [-0.2, -0.15) is 0 Å². The minimum atomic E-state index is -1.78. The zero-order valence-electron chi connectivity index (χ0n) is 39.6. The van der Waals surface area contributed by atoms with Crippen molar-refractivity contribution in [1.29, 1.82) is 0 Å². The molecule has 0 radical (unpaired) electrons. The molecule has 2 aliphatic rings. The average Bonchev–Trinajstić information content (AvgIpc) is 3.31. The lowest BCUT2D eigenvalue weighted by Crippen LogP contribution is -2.61. The molecule has 4 unspecified atom stereocenters. The van der Waals surface area contributed by atoms with Gasteiger partial charge in [-0.3, -0.25) is 9.59 Å². The quantitative estimate of drug-likeness (QED) is 0.0209. The molecule has 0 saturated carbocycles. The van der Waals surface area contributed by atoms with Gasteiger partial charge in [-0.05, 0) is 51.4 Å². The molecule has 2 fully saturated rings. The van der Waals surface area contributed by atoms with Crippen molar-refractivity contribution >= 4 is 11.9 Å². The maximum atomic E-state index is 12.9. The van der Waals surface area contributed by atoms with Gasteiger partial charge in [-0.15, -0.1) is 0 Å². The molecule has 7 N–H and O–H groups in total. The van der Waals surface area contributed by atoms with Crippen LogP contribution in [0.1, 0.15) is 142 Å². The molecular weight excluding hydrogens is 853 g/mol. The fourth-order valence-electron chi connectivity index (χ4n) is 7.18. The summed E-state index contributed by atoms with van der Waals surface area (Å²) in [5.74, 6) is -1.03. The minimum absolute atomic E-state index is 0.0904. The predicted octanol–water partition coefficient (Wildman–Crippen LogP) is 6.26. The summed E-state index contributed by atoms with van der Waals surface area (Å²) in [6.07, 6.45) is 26.7. The van der Waals surface area contributed by atoms with Crippen molar-refractivity contribution in [2.45, 2.75) is 210 Å². The fraction of sp³-hybridized carbons (Fsp3) is 0.725. The van der Waals surface area contributed by atoms with Gasteiger partial charge in [0.1, 0.15) is 55.4 Å². The monoisotopic (exact) mass is 937 g/mol. The lowest BCUT2D eigenvalue weighted by atomic mass is 9.98. The van der Waals surface area contributed by atoms with Crippen molar-refractivity contribution in [2.75, 3.05) is 26.4 Å². The van der Waals surface area contributed by atoms with Crippen LogP contribution in [0.25, 0.3) is 0 Å². The maximum absolute atomic E-state index is 12.9. The summed E-state index contributed by atoms with van der Waals surface area (Å²) in [6, 6.07) is 0. The van der Waals surface area contributed by atoms with E-state index in [1.54, 1.807) is 0 Å². The molecule has 0 spiro atoms. The number of aliphatic hydroxyl groups is 7. The summed E-state index contributed by atoms with van der Waals surface area (Å²) in [5.41, 5.74) is 0. The van der Waals surface area contributed by atoms with E-state index in [2.05, 4.69) is 74.6 Å². The first-order valence-corrected chi connectivity index (χ1v) is 24.5. The van der Waals surface area contributed by atoms with Gasteiger partial charge in [0.15, 0.2) is 18.7 Å². The van der Waals surface area contributed by atoms with Gasteiger partial charge in [0, 0.05) is 12.8 Å². The first-order valence-electron chi connectivity index (χ1n) is 24.5. The zero-order chi connectivity index (χ0) is 48.2. The first-order chi connectivity index (χ1) is 32.0. The van der Waals surface area contributed by atoms with Gasteiger partial charge in [0.05, 0.1) is 19.8 Å². The van der Waals surface area contributed by atoms with Gasteiger partial charge in [0.2, 0.25) is 0 Å². The van der Waals surface area contributed by atoms with Crippen LogP contribution in [0.2, 0.25) is 0 Å². The molecule has 0 aromatic heterocycles. The molecule has 15 nitrogen and oxygen atoms in total. The Balaban J connectivity index is 1.85. The third-order valence-electron chi connectivity index (χ3n) is 11.2. The minimum Gasteiger partial charge on any atom is -0.462 e. The highest BCUT2D eigenvalue weighted by Crippen LogP contribution is 2.26. The van der Waals surface area contributed by atoms with Gasteiger partial charge in [-0.25, -0.2) is 0 Å². The molecule has 2 rings (SSSR count). The molecule has 66 heavy (non-hydrogen) atoms. The Bertz CT molecular complexity index is 1430. The van der Waals surface area contributed by atoms with E-state index in [9.17, 15) is 45.3 Å². The number of carbonyl (C=O) groups excluding carboxylic acids is 2. The number of esters is 2. The standard InChI is InChI=1S/C51H84O15/c1-3-5-7-9-11-13-15-16-17-18-19-20-21-22-24-25-27-29-31-33-42(53)61-36-39(64-43(54)34-32-30-28-26-23-14-12-10-8-6-4-2)37-62-50-49(60)47(58)45(56)41(66-50)38-63-51-48(59)46(57)44(55)40(35-52)65-51/h5,7,11,13,16-17,19-20,22,24,27,29,39-41,44-52,55-60H,3-4,6,8-10,12,14-15,18,21,23,25-26,28,30-38H2,1-2H3/b7-5+,13-11+,17-16+,20-19+,24-22+,29-27+/t39-,40+,41+,44-,45-,46?,47?,48?,49?,50+,51+/m0/s1. The lowest BCUT2D eigenvalue weighted by molar-refractivity contribution is -0.332. The fourth-order valence-corrected chi connectivity index (χ4v) is 7.18. The Hall–Kier alpha value is -3.06. The van der Waals surface area contributed by atoms with Crippen LogP contribution in [0, 0.1) is 0 Å². The topological polar surface area (TPSA) is 231 Å². The molecule has 2 heterocycles. The van der Waals surface area contributed by atoms with Crippen LogP contribution < -0.4 is 0 Å². The largest absolute Gasteiger partial charge is 0.462 e. The van der Waals surface area contributed by atoms with Crippen LogP contribution in [0.4, 0.5) is 0 Å². The molecule has 0 amide bonds. The van der Waals surface area contributed by atoms with Crippen molar-refractivity contribution < 1.29 is 73.8 Å². The Labute approximate surface area is 393 Å². The molecule has 0 aliphatic carbocycles. The molecule has 0 aromatic rings. The highest BCUT2D eigenvalue weighted by atomic mass is 16.7. The van der Waals surface area contributed by atoms with E-state index < -0.39 is 99.3 Å². The Morgan fingerprint density at radius 3 is 1.47 bits per heavy atom. The third-order valence-corrected chi connectivity index (χ3v) is 11.2. The first kappa shape index (κ1) is 59.1. The molecule has 0 bridgehead atoms. The summed E-state index contributed by atoms with van der Waals surface area (Å²) >= 11 is 0. The second-order valence-corrected chi connectivity index (χ2v) is 16.9. The third kappa shape index (κ3) is 25.9. The normalized spacial score (nSPS) is 26.8. The van der Waals surface area contributed by atoms with Gasteiger partial charge >= 0.3 is 11.9 Å². The van der Waals surface area contributed by atoms with Gasteiger partial charge in [-0.1, -0.05) is 151 Å². The number of carbonyl (C=O) groups is 2. The second-order valence-electron chi connectivity index (χ2n) is 16.9. The number of ether oxygens (including phenoxy) is 6. The highest BCUT2D eigenvalue weighted by molar-refractivity contribution is 5.70. The summed E-state index contributed by atoms with van der Waals surface area (Å²) in [7, 11) is 0. The van der Waals surface area contributed by atoms with Gasteiger partial charge in [0.25, 0.3) is 0 Å². The number of allylic oxidation sites excluding steroid dienone is 12. The SMILES string of the molecule is CC/C=C/C/C=C/C/C=C/C/C=C/C/C=C/C/C=C/CCC(=O)OC[C@@H](CO[C@@H]1O[C@H](CO[C@@H]2O[C@H](CO)[C@H](O)C(O)C2O)[C@H](O)C(O)C1O)OC(=O)CCCCCCCCCCCCC. The van der Waals surface area contributed by atoms with E-state index in [1.807, 2.05) is 12.2 Å². The number of unbranched alkanes of at least 4 members (excludes halogenated alkanes) is 10. The van der Waals surface area contributed by atoms with Crippen LogP contribution in [0.15, 0.2) is 72.9 Å². The van der Waals surface area contributed by atoms with Crippen molar-refractivity contribution in [1.82, 2.24) is 0 Å². The summed E-state index contributed by atoms with van der Waals surface area (Å²) in [5, 5.41) is 71.9. The smallest absolute Gasteiger partial charge is 0.306 e. The number of aliphatic hydroxyl groups excluding tert-OH is 7. The Kier molecular flexibility index (Phi) is 33.9. The molecule has 2 aliphatic heterocycles. The molecule has 11 atom stereocenters.